The number of hydrogen-bond acceptors (Lipinski definition) is 3. The van der Waals surface area contributed by atoms with Crippen molar-refractivity contribution < 1.29 is 19.0 Å². The quantitative estimate of drug-likeness (QED) is 0.902. The highest BCUT2D eigenvalue weighted by Crippen LogP contribution is 2.45. The van der Waals surface area contributed by atoms with Crippen molar-refractivity contribution >= 4 is 0 Å². The molecule has 3 atom stereocenters. The molecule has 1 aromatic rings. The van der Waals surface area contributed by atoms with Crippen LogP contribution in [0.25, 0.3) is 0 Å². The molecule has 2 unspecified atom stereocenters. The molecule has 0 aromatic heterocycles. The van der Waals surface area contributed by atoms with Gasteiger partial charge in [-0.3, -0.25) is 0 Å². The Morgan fingerprint density at radius 3 is 3.05 bits per heavy atom. The molecule has 110 valence electrons. The van der Waals surface area contributed by atoms with Crippen LogP contribution in [0.2, 0.25) is 0 Å². The summed E-state index contributed by atoms with van der Waals surface area (Å²) in [4.78, 5) is 0. The summed E-state index contributed by atoms with van der Waals surface area (Å²) in [5.74, 6) is 0.158. The number of fused-ring (bicyclic) bond motifs is 1. The van der Waals surface area contributed by atoms with E-state index in [0.29, 0.717) is 24.3 Å². The number of rotatable bonds is 2. The van der Waals surface area contributed by atoms with E-state index in [2.05, 4.69) is 6.92 Å². The molecular weight excluding hydrogens is 259 g/mol. The number of halogens is 1. The first kappa shape index (κ1) is 13.8. The lowest BCUT2D eigenvalue weighted by Gasteiger charge is -2.45. The van der Waals surface area contributed by atoms with Gasteiger partial charge in [-0.2, -0.15) is 0 Å². The van der Waals surface area contributed by atoms with Crippen molar-refractivity contribution in [1.82, 2.24) is 0 Å². The van der Waals surface area contributed by atoms with E-state index in [9.17, 15) is 9.50 Å². The second kappa shape index (κ2) is 5.34. The molecule has 2 aliphatic heterocycles. The Kier molecular flexibility index (Phi) is 3.69. The van der Waals surface area contributed by atoms with Crippen LogP contribution in [0.5, 0.6) is 5.75 Å². The molecule has 2 aliphatic rings. The molecule has 1 aromatic carbocycles. The van der Waals surface area contributed by atoms with Crippen molar-refractivity contribution in [3.8, 4) is 5.75 Å². The molecule has 1 N–H and O–H groups in total. The molecule has 1 spiro atoms. The van der Waals surface area contributed by atoms with Crippen molar-refractivity contribution in [2.24, 2.45) is 0 Å². The maximum Gasteiger partial charge on any atom is 0.128 e. The number of aliphatic hydroxyl groups excluding tert-OH is 1. The molecular formula is C16H21FO3. The average Bonchev–Trinajstić information content (AvgIpc) is 2.38. The summed E-state index contributed by atoms with van der Waals surface area (Å²) in [6.07, 6.45) is 3.74. The zero-order valence-corrected chi connectivity index (χ0v) is 11.8. The predicted molar refractivity (Wildman–Crippen MR) is 73.2 cm³/mol. The number of benzene rings is 1. The molecule has 0 amide bonds. The molecule has 1 fully saturated rings. The van der Waals surface area contributed by atoms with Crippen LogP contribution in [0, 0.1) is 5.82 Å². The third-order valence-corrected chi connectivity index (χ3v) is 4.35. The maximum atomic E-state index is 13.4. The summed E-state index contributed by atoms with van der Waals surface area (Å²) in [5, 5.41) is 10.3. The van der Waals surface area contributed by atoms with E-state index in [1.807, 2.05) is 0 Å². The van der Waals surface area contributed by atoms with Gasteiger partial charge in [-0.15, -0.1) is 0 Å². The van der Waals surface area contributed by atoms with Gasteiger partial charge in [-0.25, -0.2) is 4.39 Å². The van der Waals surface area contributed by atoms with Crippen molar-refractivity contribution in [3.63, 3.8) is 0 Å². The number of ether oxygens (including phenoxy) is 2. The number of hydrogen-bond donors (Lipinski definition) is 1. The zero-order valence-electron chi connectivity index (χ0n) is 11.8. The van der Waals surface area contributed by atoms with Gasteiger partial charge in [0, 0.05) is 30.9 Å². The topological polar surface area (TPSA) is 38.7 Å². The monoisotopic (exact) mass is 280 g/mol. The highest BCUT2D eigenvalue weighted by molar-refractivity contribution is 5.38. The van der Waals surface area contributed by atoms with E-state index in [0.717, 1.165) is 25.7 Å². The molecule has 0 radical (unpaired) electrons. The number of aliphatic hydroxyl groups is 1. The normalized spacial score (nSPS) is 32.8. The van der Waals surface area contributed by atoms with Crippen molar-refractivity contribution in [3.05, 3.63) is 29.6 Å². The van der Waals surface area contributed by atoms with Gasteiger partial charge in [0.15, 0.2) is 0 Å². The zero-order chi connectivity index (χ0) is 14.2. The van der Waals surface area contributed by atoms with Crippen LogP contribution in [0.15, 0.2) is 18.2 Å². The first-order valence-corrected chi connectivity index (χ1v) is 7.40. The second-order valence-corrected chi connectivity index (χ2v) is 5.92. The highest BCUT2D eigenvalue weighted by Gasteiger charge is 2.44. The van der Waals surface area contributed by atoms with Gasteiger partial charge in [0.1, 0.15) is 17.2 Å². The first-order chi connectivity index (χ1) is 9.62. The third-order valence-electron chi connectivity index (χ3n) is 4.35. The smallest absolute Gasteiger partial charge is 0.128 e. The summed E-state index contributed by atoms with van der Waals surface area (Å²) >= 11 is 0. The third kappa shape index (κ3) is 2.54. The molecule has 0 bridgehead atoms. The van der Waals surface area contributed by atoms with E-state index >= 15 is 0 Å². The van der Waals surface area contributed by atoms with E-state index < -0.39 is 11.7 Å². The van der Waals surface area contributed by atoms with Gasteiger partial charge in [0.2, 0.25) is 0 Å². The van der Waals surface area contributed by atoms with Crippen LogP contribution >= 0.6 is 0 Å². The van der Waals surface area contributed by atoms with E-state index in [4.69, 9.17) is 9.47 Å². The van der Waals surface area contributed by atoms with Crippen LogP contribution in [-0.4, -0.2) is 23.4 Å². The van der Waals surface area contributed by atoms with E-state index in [1.54, 1.807) is 6.07 Å². The van der Waals surface area contributed by atoms with Gasteiger partial charge in [0.25, 0.3) is 0 Å². The Balaban J connectivity index is 1.85. The fourth-order valence-corrected chi connectivity index (χ4v) is 3.38. The van der Waals surface area contributed by atoms with Crippen LogP contribution in [0.4, 0.5) is 4.39 Å². The molecule has 4 heteroatoms. The molecule has 0 aliphatic carbocycles. The summed E-state index contributed by atoms with van der Waals surface area (Å²) < 4.78 is 25.3. The summed E-state index contributed by atoms with van der Waals surface area (Å²) in [6, 6.07) is 4.36. The van der Waals surface area contributed by atoms with Crippen molar-refractivity contribution in [2.75, 3.05) is 6.61 Å². The maximum absolute atomic E-state index is 13.4. The first-order valence-electron chi connectivity index (χ1n) is 7.40. The van der Waals surface area contributed by atoms with E-state index in [1.165, 1.54) is 12.1 Å². The SMILES string of the molecule is CCCC1CC2(CCO1)C[C@H](O)c1ccc(F)cc1O2. The minimum absolute atomic E-state index is 0.177. The molecule has 3 nitrogen and oxygen atoms in total. The fraction of sp³-hybridized carbons (Fsp3) is 0.625. The van der Waals surface area contributed by atoms with Crippen molar-refractivity contribution in [1.29, 1.82) is 0 Å². The Morgan fingerprint density at radius 2 is 2.25 bits per heavy atom. The van der Waals surface area contributed by atoms with Crippen LogP contribution < -0.4 is 4.74 Å². The van der Waals surface area contributed by atoms with Crippen LogP contribution in [0.3, 0.4) is 0 Å². The largest absolute Gasteiger partial charge is 0.486 e. The molecule has 2 heterocycles. The van der Waals surface area contributed by atoms with Gasteiger partial charge in [-0.05, 0) is 18.6 Å². The fourth-order valence-electron chi connectivity index (χ4n) is 3.38. The molecule has 3 rings (SSSR count). The predicted octanol–water partition coefficient (Wildman–Crippen LogP) is 3.36. The Bertz CT molecular complexity index is 489. The second-order valence-electron chi connectivity index (χ2n) is 5.92. The Morgan fingerprint density at radius 1 is 1.40 bits per heavy atom. The van der Waals surface area contributed by atoms with Crippen LogP contribution in [0.1, 0.15) is 50.7 Å². The molecule has 20 heavy (non-hydrogen) atoms. The summed E-state index contributed by atoms with van der Waals surface area (Å²) in [5.41, 5.74) is 0.286. The molecule has 0 saturated carbocycles. The Hall–Kier alpha value is -1.13. The van der Waals surface area contributed by atoms with Gasteiger partial charge in [-0.1, -0.05) is 13.3 Å². The highest BCUT2D eigenvalue weighted by atomic mass is 19.1. The minimum Gasteiger partial charge on any atom is -0.486 e. The van der Waals surface area contributed by atoms with Gasteiger partial charge >= 0.3 is 0 Å². The standard InChI is InChI=1S/C16H21FO3/c1-2-3-12-9-16(6-7-19-12)10-14(18)13-5-4-11(17)8-15(13)20-16/h4-5,8,12,14,18H,2-3,6-7,9-10H2,1H3/t12?,14-,16?/m0/s1. The summed E-state index contributed by atoms with van der Waals surface area (Å²) in [7, 11) is 0. The summed E-state index contributed by atoms with van der Waals surface area (Å²) in [6.45, 7) is 2.77. The van der Waals surface area contributed by atoms with Gasteiger partial charge in [0.05, 0.1) is 18.8 Å². The lowest BCUT2D eigenvalue weighted by Crippen LogP contribution is -2.48. The van der Waals surface area contributed by atoms with E-state index in [-0.39, 0.29) is 11.9 Å². The van der Waals surface area contributed by atoms with Crippen molar-refractivity contribution in [2.45, 2.75) is 56.8 Å². The Labute approximate surface area is 118 Å². The van der Waals surface area contributed by atoms with Crippen LogP contribution in [-0.2, 0) is 4.74 Å². The lowest BCUT2D eigenvalue weighted by molar-refractivity contribution is -0.118. The van der Waals surface area contributed by atoms with Gasteiger partial charge < -0.3 is 14.6 Å². The lowest BCUT2D eigenvalue weighted by atomic mass is 9.80. The average molecular weight is 280 g/mol. The minimum atomic E-state index is -0.584. The molecule has 1 saturated heterocycles.